The van der Waals surface area contributed by atoms with E-state index in [0.29, 0.717) is 17.7 Å². The van der Waals surface area contributed by atoms with Gasteiger partial charge in [0.1, 0.15) is 16.6 Å². The molecule has 1 aromatic carbocycles. The van der Waals surface area contributed by atoms with Crippen molar-refractivity contribution in [1.29, 1.82) is 0 Å². The summed E-state index contributed by atoms with van der Waals surface area (Å²) in [5.41, 5.74) is 9.65. The predicted octanol–water partition coefficient (Wildman–Crippen LogP) is 2.11. The van der Waals surface area contributed by atoms with E-state index in [1.54, 1.807) is 6.33 Å². The summed E-state index contributed by atoms with van der Waals surface area (Å²) in [5, 5.41) is 0.260. The minimum absolute atomic E-state index is 0.133. The van der Waals surface area contributed by atoms with Crippen molar-refractivity contribution in [2.45, 2.75) is 6.54 Å². The fourth-order valence-corrected chi connectivity index (χ4v) is 2.90. The number of hydrogen-bond donors (Lipinski definition) is 1. The minimum atomic E-state index is 0.133. The van der Waals surface area contributed by atoms with Crippen LogP contribution in [-0.2, 0) is 6.54 Å². The van der Waals surface area contributed by atoms with E-state index in [4.69, 9.17) is 17.3 Å². The van der Waals surface area contributed by atoms with Crippen LogP contribution in [0.25, 0.3) is 22.2 Å². The molecule has 4 aromatic rings. The first-order valence-electron chi connectivity index (χ1n) is 6.06. The topological polar surface area (TPSA) is 95.4 Å². The number of benzene rings is 1. The zero-order chi connectivity index (χ0) is 14.4. The molecule has 0 amide bonds. The molecule has 7 nitrogen and oxygen atoms in total. The highest BCUT2D eigenvalue weighted by Crippen LogP contribution is 2.21. The first-order valence-corrected chi connectivity index (χ1v) is 7.16. The molecule has 0 saturated heterocycles. The maximum atomic E-state index is 6.02. The third kappa shape index (κ3) is 2.08. The Hall–Kier alpha value is -2.32. The summed E-state index contributed by atoms with van der Waals surface area (Å²) < 4.78 is 10.3. The predicted molar refractivity (Wildman–Crippen MR) is 81.3 cm³/mol. The van der Waals surface area contributed by atoms with Gasteiger partial charge < -0.3 is 10.3 Å². The molecular formula is C12H8ClN7S. The van der Waals surface area contributed by atoms with Crippen molar-refractivity contribution in [3.8, 4) is 0 Å². The highest BCUT2D eigenvalue weighted by molar-refractivity contribution is 7.00. The summed E-state index contributed by atoms with van der Waals surface area (Å²) in [5.74, 6) is 0.133. The van der Waals surface area contributed by atoms with Gasteiger partial charge in [0.25, 0.3) is 0 Å². The van der Waals surface area contributed by atoms with Gasteiger partial charge in [-0.2, -0.15) is 18.7 Å². The van der Waals surface area contributed by atoms with Gasteiger partial charge in [-0.1, -0.05) is 17.7 Å². The third-order valence-corrected chi connectivity index (χ3v) is 3.93. The van der Waals surface area contributed by atoms with Crippen LogP contribution in [-0.4, -0.2) is 28.3 Å². The van der Waals surface area contributed by atoms with Crippen molar-refractivity contribution in [2.24, 2.45) is 0 Å². The van der Waals surface area contributed by atoms with Crippen molar-refractivity contribution < 1.29 is 0 Å². The number of aromatic nitrogens is 6. The molecule has 104 valence electrons. The van der Waals surface area contributed by atoms with Crippen LogP contribution in [0, 0.1) is 0 Å². The lowest BCUT2D eigenvalue weighted by Crippen LogP contribution is -2.02. The van der Waals surface area contributed by atoms with Crippen LogP contribution in [0.4, 0.5) is 5.95 Å². The molecule has 2 N–H and O–H groups in total. The highest BCUT2D eigenvalue weighted by atomic mass is 35.5. The Bertz CT molecular complexity index is 961. The number of nitrogen functional groups attached to an aromatic ring is 1. The molecule has 0 aliphatic rings. The van der Waals surface area contributed by atoms with Gasteiger partial charge in [-0.05, 0) is 17.7 Å². The summed E-state index contributed by atoms with van der Waals surface area (Å²) in [7, 11) is 0. The number of fused-ring (bicyclic) bond motifs is 2. The second-order valence-electron chi connectivity index (χ2n) is 4.50. The Morgan fingerprint density at radius 3 is 2.95 bits per heavy atom. The zero-order valence-corrected chi connectivity index (χ0v) is 12.1. The lowest BCUT2D eigenvalue weighted by molar-refractivity contribution is 0.815. The molecule has 3 aromatic heterocycles. The molecule has 0 radical (unpaired) electrons. The molecule has 0 aliphatic heterocycles. The average molecular weight is 318 g/mol. The van der Waals surface area contributed by atoms with Crippen LogP contribution in [0.2, 0.25) is 5.15 Å². The lowest BCUT2D eigenvalue weighted by Gasteiger charge is -2.04. The Balaban J connectivity index is 1.79. The van der Waals surface area contributed by atoms with Crippen molar-refractivity contribution in [3.05, 3.63) is 35.2 Å². The third-order valence-electron chi connectivity index (χ3n) is 3.11. The molecule has 21 heavy (non-hydrogen) atoms. The Labute approximate surface area is 127 Å². The van der Waals surface area contributed by atoms with Gasteiger partial charge in [0, 0.05) is 0 Å². The van der Waals surface area contributed by atoms with Gasteiger partial charge in [-0.15, -0.1) is 0 Å². The molecule has 0 fully saturated rings. The highest BCUT2D eigenvalue weighted by Gasteiger charge is 2.11. The molecule has 4 rings (SSSR count). The molecule has 0 unspecified atom stereocenters. The first-order chi connectivity index (χ1) is 10.2. The summed E-state index contributed by atoms with van der Waals surface area (Å²) in [6, 6.07) is 5.95. The average Bonchev–Trinajstić information content (AvgIpc) is 3.06. The maximum absolute atomic E-state index is 6.02. The lowest BCUT2D eigenvalue weighted by atomic mass is 10.2. The molecule has 0 atom stereocenters. The molecule has 9 heteroatoms. The summed E-state index contributed by atoms with van der Waals surface area (Å²) in [4.78, 5) is 12.3. The first kappa shape index (κ1) is 12.4. The Kier molecular flexibility index (Phi) is 2.72. The number of imidazole rings is 1. The fraction of sp³-hybridized carbons (Fsp3) is 0.0833. The van der Waals surface area contributed by atoms with Crippen molar-refractivity contribution in [3.63, 3.8) is 0 Å². The number of nitrogens with zero attached hydrogens (tertiary/aromatic N) is 6. The largest absolute Gasteiger partial charge is 0.368 e. The van der Waals surface area contributed by atoms with Crippen LogP contribution in [0.15, 0.2) is 24.5 Å². The standard InChI is InChI=1S/C12H8ClN7S/c13-10-9-11(17-12(14)16-10)20(5-15-9)4-6-1-2-7-8(3-6)19-21-18-7/h1-3,5H,4H2,(H2,14,16,17). The molecule has 0 aliphatic carbocycles. The van der Waals surface area contributed by atoms with E-state index in [1.807, 2.05) is 22.8 Å². The SMILES string of the molecule is Nc1nc(Cl)c2ncn(Cc3ccc4nsnc4c3)c2n1. The quantitative estimate of drug-likeness (QED) is 0.569. The fourth-order valence-electron chi connectivity index (χ4n) is 2.16. The molecule has 3 heterocycles. The number of rotatable bonds is 2. The van der Waals surface area contributed by atoms with E-state index in [2.05, 4.69) is 23.7 Å². The maximum Gasteiger partial charge on any atom is 0.223 e. The minimum Gasteiger partial charge on any atom is -0.368 e. The van der Waals surface area contributed by atoms with Crippen LogP contribution < -0.4 is 5.73 Å². The van der Waals surface area contributed by atoms with Crippen LogP contribution in [0.3, 0.4) is 0 Å². The number of nitrogens with two attached hydrogens (primary N) is 1. The van der Waals surface area contributed by atoms with E-state index in [1.165, 1.54) is 11.7 Å². The van der Waals surface area contributed by atoms with Crippen LogP contribution in [0.5, 0.6) is 0 Å². The molecular weight excluding hydrogens is 310 g/mol. The van der Waals surface area contributed by atoms with Crippen molar-refractivity contribution in [2.75, 3.05) is 5.73 Å². The van der Waals surface area contributed by atoms with E-state index in [0.717, 1.165) is 16.6 Å². The number of halogens is 1. The normalized spacial score (nSPS) is 11.5. The van der Waals surface area contributed by atoms with Gasteiger partial charge in [0.15, 0.2) is 10.8 Å². The van der Waals surface area contributed by atoms with Gasteiger partial charge in [0.05, 0.1) is 24.6 Å². The molecule has 0 spiro atoms. The van der Waals surface area contributed by atoms with Gasteiger partial charge in [0.2, 0.25) is 5.95 Å². The zero-order valence-electron chi connectivity index (χ0n) is 10.6. The summed E-state index contributed by atoms with van der Waals surface area (Å²) in [6.45, 7) is 0.594. The van der Waals surface area contributed by atoms with E-state index in [-0.39, 0.29) is 11.1 Å². The van der Waals surface area contributed by atoms with E-state index in [9.17, 15) is 0 Å². The monoisotopic (exact) mass is 317 g/mol. The molecule has 0 saturated carbocycles. The van der Waals surface area contributed by atoms with Crippen molar-refractivity contribution in [1.82, 2.24) is 28.3 Å². The van der Waals surface area contributed by atoms with E-state index < -0.39 is 0 Å². The van der Waals surface area contributed by atoms with Gasteiger partial charge in [-0.3, -0.25) is 0 Å². The summed E-state index contributed by atoms with van der Waals surface area (Å²) in [6.07, 6.45) is 1.67. The second-order valence-corrected chi connectivity index (χ2v) is 5.39. The molecule has 0 bridgehead atoms. The smallest absolute Gasteiger partial charge is 0.223 e. The van der Waals surface area contributed by atoms with Crippen molar-refractivity contribution >= 4 is 51.5 Å². The van der Waals surface area contributed by atoms with E-state index >= 15 is 0 Å². The van der Waals surface area contributed by atoms with Gasteiger partial charge in [-0.25, -0.2) is 4.98 Å². The summed E-state index contributed by atoms with van der Waals surface area (Å²) >= 11 is 7.22. The number of anilines is 1. The van der Waals surface area contributed by atoms with Crippen LogP contribution >= 0.6 is 23.3 Å². The Morgan fingerprint density at radius 2 is 2.05 bits per heavy atom. The van der Waals surface area contributed by atoms with Crippen LogP contribution in [0.1, 0.15) is 5.56 Å². The Morgan fingerprint density at radius 1 is 1.19 bits per heavy atom. The number of hydrogen-bond acceptors (Lipinski definition) is 7. The van der Waals surface area contributed by atoms with Gasteiger partial charge >= 0.3 is 0 Å². The second kappa shape index (κ2) is 4.61.